The summed E-state index contributed by atoms with van der Waals surface area (Å²) in [6.07, 6.45) is -2.48. The van der Waals surface area contributed by atoms with Gasteiger partial charge in [0.2, 0.25) is 11.7 Å². The molecule has 0 radical (unpaired) electrons. The Hall–Kier alpha value is -2.91. The lowest BCUT2D eigenvalue weighted by Crippen LogP contribution is -2.09. The fourth-order valence-electron chi connectivity index (χ4n) is 3.00. The molecular formula is C19H19F3N4O3. The second-order valence-electron chi connectivity index (χ2n) is 7.34. The van der Waals surface area contributed by atoms with E-state index in [0.717, 1.165) is 29.8 Å². The van der Waals surface area contributed by atoms with Crippen molar-refractivity contribution in [3.05, 3.63) is 40.9 Å². The summed E-state index contributed by atoms with van der Waals surface area (Å²) in [6.45, 7) is 5.87. The van der Waals surface area contributed by atoms with Gasteiger partial charge in [-0.1, -0.05) is 17.2 Å². The first-order valence-electron chi connectivity index (χ1n) is 9.21. The molecule has 4 rings (SSSR count). The number of benzene rings is 1. The number of aryl methyl sites for hydroxylation is 2. The molecule has 0 amide bonds. The summed E-state index contributed by atoms with van der Waals surface area (Å²) in [5.74, 6) is 0.749. The molecule has 3 aromatic rings. The number of alkyl halides is 3. The number of hydrogen-bond donors (Lipinski definition) is 0. The van der Waals surface area contributed by atoms with Crippen LogP contribution in [0.4, 0.5) is 13.2 Å². The SMILES string of the molecule is Cc1cc(-c2noc(C(F)(F)F)n2)cc(C)c1OCC(C)c1nc(C2CC2)no1. The Bertz CT molecular complexity index is 1000. The van der Waals surface area contributed by atoms with Gasteiger partial charge in [0.25, 0.3) is 0 Å². The monoisotopic (exact) mass is 408 g/mol. The number of rotatable bonds is 6. The average Bonchev–Trinajstić information content (AvgIpc) is 3.18. The van der Waals surface area contributed by atoms with Crippen LogP contribution in [0.5, 0.6) is 5.75 Å². The lowest BCUT2D eigenvalue weighted by atomic mass is 10.1. The van der Waals surface area contributed by atoms with Crippen LogP contribution in [0.2, 0.25) is 0 Å². The van der Waals surface area contributed by atoms with Crippen LogP contribution in [0.3, 0.4) is 0 Å². The maximum absolute atomic E-state index is 12.7. The van der Waals surface area contributed by atoms with Crippen molar-refractivity contribution in [2.24, 2.45) is 0 Å². The molecule has 2 heterocycles. The summed E-state index contributed by atoms with van der Waals surface area (Å²) in [4.78, 5) is 7.86. The molecular weight excluding hydrogens is 389 g/mol. The number of ether oxygens (including phenoxy) is 1. The number of hydrogen-bond acceptors (Lipinski definition) is 7. The molecule has 1 unspecified atom stereocenters. The van der Waals surface area contributed by atoms with Crippen molar-refractivity contribution in [2.45, 2.75) is 51.6 Å². The zero-order valence-electron chi connectivity index (χ0n) is 16.1. The van der Waals surface area contributed by atoms with Gasteiger partial charge in [-0.05, 0) is 49.9 Å². The second kappa shape index (κ2) is 7.16. The Morgan fingerprint density at radius 3 is 2.38 bits per heavy atom. The highest BCUT2D eigenvalue weighted by atomic mass is 19.4. The van der Waals surface area contributed by atoms with E-state index >= 15 is 0 Å². The van der Waals surface area contributed by atoms with Crippen LogP contribution >= 0.6 is 0 Å². The minimum Gasteiger partial charge on any atom is -0.492 e. The third kappa shape index (κ3) is 4.10. The van der Waals surface area contributed by atoms with Crippen LogP contribution in [0.1, 0.15) is 60.3 Å². The standard InChI is InChI=1S/C19H19F3N4O3/c1-9-6-13(16-24-18(29-26-16)19(20,21)22)7-10(2)14(9)27-8-11(3)17-23-15(25-28-17)12-4-5-12/h6-7,11-12H,4-5,8H2,1-3H3. The van der Waals surface area contributed by atoms with E-state index < -0.39 is 12.1 Å². The Kier molecular flexibility index (Phi) is 4.79. The molecule has 29 heavy (non-hydrogen) atoms. The Morgan fingerprint density at radius 1 is 1.10 bits per heavy atom. The van der Waals surface area contributed by atoms with Crippen molar-refractivity contribution in [3.8, 4) is 17.1 Å². The molecule has 1 atom stereocenters. The minimum atomic E-state index is -4.68. The molecule has 0 spiro atoms. The maximum Gasteiger partial charge on any atom is 0.471 e. The van der Waals surface area contributed by atoms with E-state index in [4.69, 9.17) is 9.26 Å². The van der Waals surface area contributed by atoms with Crippen molar-refractivity contribution < 1.29 is 27.0 Å². The van der Waals surface area contributed by atoms with Gasteiger partial charge in [0.05, 0.1) is 12.5 Å². The highest BCUT2D eigenvalue weighted by Gasteiger charge is 2.38. The van der Waals surface area contributed by atoms with E-state index in [2.05, 4.69) is 24.8 Å². The van der Waals surface area contributed by atoms with Crippen molar-refractivity contribution >= 4 is 0 Å². The molecule has 2 aromatic heterocycles. The highest BCUT2D eigenvalue weighted by Crippen LogP contribution is 2.38. The van der Waals surface area contributed by atoms with Gasteiger partial charge < -0.3 is 13.8 Å². The number of halogens is 3. The van der Waals surface area contributed by atoms with Gasteiger partial charge in [0.15, 0.2) is 5.82 Å². The van der Waals surface area contributed by atoms with Crippen molar-refractivity contribution in [3.63, 3.8) is 0 Å². The summed E-state index contributed by atoms with van der Waals surface area (Å²) >= 11 is 0. The molecule has 0 bridgehead atoms. The van der Waals surface area contributed by atoms with E-state index in [0.29, 0.717) is 29.7 Å². The molecule has 1 aromatic carbocycles. The fraction of sp³-hybridized carbons (Fsp3) is 0.474. The number of nitrogens with zero attached hydrogens (tertiary/aromatic N) is 4. The largest absolute Gasteiger partial charge is 0.492 e. The van der Waals surface area contributed by atoms with Crippen LogP contribution in [0.25, 0.3) is 11.4 Å². The lowest BCUT2D eigenvalue weighted by Gasteiger charge is -2.15. The smallest absolute Gasteiger partial charge is 0.471 e. The predicted molar refractivity (Wildman–Crippen MR) is 94.4 cm³/mol. The molecule has 1 fully saturated rings. The molecule has 0 saturated heterocycles. The Labute approximate surface area is 164 Å². The van der Waals surface area contributed by atoms with Crippen molar-refractivity contribution in [1.29, 1.82) is 0 Å². The normalized spacial score (nSPS) is 15.5. The Morgan fingerprint density at radius 2 is 1.79 bits per heavy atom. The lowest BCUT2D eigenvalue weighted by molar-refractivity contribution is -0.159. The summed E-state index contributed by atoms with van der Waals surface area (Å²) in [5, 5.41) is 7.43. The average molecular weight is 408 g/mol. The van der Waals surface area contributed by atoms with Gasteiger partial charge in [0, 0.05) is 11.5 Å². The molecule has 154 valence electrons. The third-order valence-electron chi connectivity index (χ3n) is 4.69. The molecule has 0 aliphatic heterocycles. The fourth-order valence-corrected chi connectivity index (χ4v) is 3.00. The summed E-state index contributed by atoms with van der Waals surface area (Å²) in [5.41, 5.74) is 1.91. The zero-order valence-corrected chi connectivity index (χ0v) is 16.1. The number of aromatic nitrogens is 4. The Balaban J connectivity index is 1.47. The molecule has 7 nitrogen and oxygen atoms in total. The van der Waals surface area contributed by atoms with Gasteiger partial charge in [-0.25, -0.2) is 0 Å². The molecule has 10 heteroatoms. The molecule has 1 aliphatic rings. The van der Waals surface area contributed by atoms with E-state index in [1.807, 2.05) is 6.92 Å². The first-order valence-corrected chi connectivity index (χ1v) is 9.21. The second-order valence-corrected chi connectivity index (χ2v) is 7.34. The maximum atomic E-state index is 12.7. The van der Waals surface area contributed by atoms with E-state index in [1.165, 1.54) is 0 Å². The minimum absolute atomic E-state index is 0.0972. The molecule has 1 saturated carbocycles. The topological polar surface area (TPSA) is 87.1 Å². The van der Waals surface area contributed by atoms with Crippen LogP contribution < -0.4 is 4.74 Å². The van der Waals surface area contributed by atoms with Crippen molar-refractivity contribution in [2.75, 3.05) is 6.61 Å². The van der Waals surface area contributed by atoms with E-state index in [1.54, 1.807) is 26.0 Å². The molecule has 1 aliphatic carbocycles. The van der Waals surface area contributed by atoms with Gasteiger partial charge in [-0.15, -0.1) is 0 Å². The highest BCUT2D eigenvalue weighted by molar-refractivity contribution is 5.61. The predicted octanol–water partition coefficient (Wildman–Crippen LogP) is 4.82. The van der Waals surface area contributed by atoms with Crippen LogP contribution in [0, 0.1) is 13.8 Å². The van der Waals surface area contributed by atoms with Gasteiger partial charge in [0.1, 0.15) is 5.75 Å². The summed E-state index contributed by atoms with van der Waals surface area (Å²) in [7, 11) is 0. The molecule has 0 N–H and O–H groups in total. The quantitative estimate of drug-likeness (QED) is 0.578. The van der Waals surface area contributed by atoms with Crippen LogP contribution in [-0.4, -0.2) is 26.9 Å². The van der Waals surface area contributed by atoms with Crippen LogP contribution in [-0.2, 0) is 6.18 Å². The first-order chi connectivity index (χ1) is 13.7. The van der Waals surface area contributed by atoms with Crippen LogP contribution in [0.15, 0.2) is 21.2 Å². The third-order valence-corrected chi connectivity index (χ3v) is 4.69. The van der Waals surface area contributed by atoms with E-state index in [-0.39, 0.29) is 11.7 Å². The summed E-state index contributed by atoms with van der Waals surface area (Å²) < 4.78 is 53.6. The van der Waals surface area contributed by atoms with E-state index in [9.17, 15) is 13.2 Å². The van der Waals surface area contributed by atoms with Crippen molar-refractivity contribution in [1.82, 2.24) is 20.3 Å². The van der Waals surface area contributed by atoms with Gasteiger partial charge >= 0.3 is 12.1 Å². The summed E-state index contributed by atoms with van der Waals surface area (Å²) in [6, 6.07) is 3.33. The zero-order chi connectivity index (χ0) is 20.8. The van der Waals surface area contributed by atoms with Gasteiger partial charge in [-0.3, -0.25) is 0 Å². The van der Waals surface area contributed by atoms with Gasteiger partial charge in [-0.2, -0.15) is 23.1 Å². The first kappa shape index (κ1) is 19.4.